The lowest BCUT2D eigenvalue weighted by Gasteiger charge is -2.32. The predicted molar refractivity (Wildman–Crippen MR) is 65.2 cm³/mol. The maximum absolute atomic E-state index is 11.3. The van der Waals surface area contributed by atoms with E-state index in [1.54, 1.807) is 12.1 Å². The van der Waals surface area contributed by atoms with Crippen molar-refractivity contribution in [3.63, 3.8) is 0 Å². The van der Waals surface area contributed by atoms with Crippen molar-refractivity contribution in [2.24, 2.45) is 0 Å². The van der Waals surface area contributed by atoms with E-state index in [9.17, 15) is 9.90 Å². The van der Waals surface area contributed by atoms with Crippen molar-refractivity contribution in [1.82, 2.24) is 0 Å². The van der Waals surface area contributed by atoms with Crippen molar-refractivity contribution < 1.29 is 14.6 Å². The number of methoxy groups -OCH3 is 1. The van der Waals surface area contributed by atoms with Crippen molar-refractivity contribution in [1.29, 1.82) is 0 Å². The molecule has 17 heavy (non-hydrogen) atoms. The number of hydrogen-bond acceptors (Lipinski definition) is 4. The third-order valence-electron chi connectivity index (χ3n) is 3.05. The van der Waals surface area contributed by atoms with Crippen LogP contribution in [-0.4, -0.2) is 37.4 Å². The van der Waals surface area contributed by atoms with Gasteiger partial charge in [-0.2, -0.15) is 0 Å². The summed E-state index contributed by atoms with van der Waals surface area (Å²) in [5, 5.41) is 9.61. The Balaban J connectivity index is 2.09. The van der Waals surface area contributed by atoms with Gasteiger partial charge in [0, 0.05) is 18.8 Å². The summed E-state index contributed by atoms with van der Waals surface area (Å²) < 4.78 is 4.65. The van der Waals surface area contributed by atoms with Crippen molar-refractivity contribution in [2.45, 2.75) is 18.9 Å². The highest BCUT2D eigenvalue weighted by Crippen LogP contribution is 2.20. The average Bonchev–Trinajstić information content (AvgIpc) is 2.38. The van der Waals surface area contributed by atoms with Crippen LogP contribution in [-0.2, 0) is 4.74 Å². The minimum Gasteiger partial charge on any atom is -0.465 e. The van der Waals surface area contributed by atoms with E-state index in [2.05, 4.69) is 9.64 Å². The molecule has 1 N–H and O–H groups in total. The molecule has 0 aliphatic carbocycles. The Morgan fingerprint density at radius 2 is 2.12 bits per heavy atom. The molecule has 1 aromatic carbocycles. The summed E-state index contributed by atoms with van der Waals surface area (Å²) in [5.74, 6) is -0.324. The molecule has 1 fully saturated rings. The highest BCUT2D eigenvalue weighted by Gasteiger charge is 2.18. The minimum atomic E-state index is -0.324. The van der Waals surface area contributed by atoms with Crippen molar-refractivity contribution in [2.75, 3.05) is 25.1 Å². The molecule has 1 aliphatic rings. The van der Waals surface area contributed by atoms with Gasteiger partial charge in [0.2, 0.25) is 0 Å². The molecule has 0 aromatic heterocycles. The monoisotopic (exact) mass is 235 g/mol. The van der Waals surface area contributed by atoms with Crippen molar-refractivity contribution in [3.05, 3.63) is 29.8 Å². The van der Waals surface area contributed by atoms with Crippen LogP contribution in [0.3, 0.4) is 0 Å². The van der Waals surface area contributed by atoms with E-state index in [4.69, 9.17) is 0 Å². The Labute approximate surface area is 101 Å². The van der Waals surface area contributed by atoms with Crippen LogP contribution in [0, 0.1) is 0 Å². The van der Waals surface area contributed by atoms with E-state index >= 15 is 0 Å². The van der Waals surface area contributed by atoms with E-state index in [0.717, 1.165) is 25.1 Å². The molecule has 1 unspecified atom stereocenters. The minimum absolute atomic E-state index is 0.246. The number of ether oxygens (including phenoxy) is 1. The van der Waals surface area contributed by atoms with Gasteiger partial charge in [0.1, 0.15) is 0 Å². The van der Waals surface area contributed by atoms with Gasteiger partial charge in [-0.3, -0.25) is 0 Å². The Hall–Kier alpha value is -1.55. The predicted octanol–water partition coefficient (Wildman–Crippen LogP) is 1.43. The van der Waals surface area contributed by atoms with E-state index in [1.165, 1.54) is 7.11 Å². The second kappa shape index (κ2) is 5.19. The maximum Gasteiger partial charge on any atom is 0.337 e. The Bertz CT molecular complexity index is 388. The number of aliphatic hydroxyl groups is 1. The van der Waals surface area contributed by atoms with Gasteiger partial charge in [-0.25, -0.2) is 4.79 Å². The third kappa shape index (κ3) is 2.77. The second-order valence-electron chi connectivity index (χ2n) is 4.28. The van der Waals surface area contributed by atoms with Gasteiger partial charge in [-0.05, 0) is 37.1 Å². The standard InChI is InChI=1S/C13H17NO3/c1-17-13(16)10-4-6-11(7-5-10)14-8-2-3-12(15)9-14/h4-7,12,15H,2-3,8-9H2,1H3. The lowest BCUT2D eigenvalue weighted by molar-refractivity contribution is 0.0600. The van der Waals surface area contributed by atoms with Crippen LogP contribution in [0.5, 0.6) is 0 Å². The number of aliphatic hydroxyl groups excluding tert-OH is 1. The quantitative estimate of drug-likeness (QED) is 0.788. The zero-order chi connectivity index (χ0) is 12.3. The molecule has 0 radical (unpaired) electrons. The number of benzene rings is 1. The molecule has 4 heteroatoms. The largest absolute Gasteiger partial charge is 0.465 e. The number of rotatable bonds is 2. The van der Waals surface area contributed by atoms with Gasteiger partial charge >= 0.3 is 5.97 Å². The molecule has 1 aliphatic heterocycles. The first kappa shape index (κ1) is 11.9. The SMILES string of the molecule is COC(=O)c1ccc(N2CCCC(O)C2)cc1. The highest BCUT2D eigenvalue weighted by atomic mass is 16.5. The lowest BCUT2D eigenvalue weighted by Crippen LogP contribution is -2.38. The summed E-state index contributed by atoms with van der Waals surface area (Å²) in [5.41, 5.74) is 1.59. The number of piperidine rings is 1. The topological polar surface area (TPSA) is 49.8 Å². The van der Waals surface area contributed by atoms with Crippen LogP contribution < -0.4 is 4.90 Å². The fourth-order valence-electron chi connectivity index (χ4n) is 2.12. The van der Waals surface area contributed by atoms with Gasteiger partial charge in [0.05, 0.1) is 18.8 Å². The van der Waals surface area contributed by atoms with Crippen LogP contribution in [0.2, 0.25) is 0 Å². The van der Waals surface area contributed by atoms with Gasteiger partial charge in [0.25, 0.3) is 0 Å². The van der Waals surface area contributed by atoms with Crippen LogP contribution in [0.25, 0.3) is 0 Å². The number of β-amino-alcohol motifs (C(OH)–C–C–N with tert-alkyl or cyclic N) is 1. The molecule has 0 amide bonds. The number of hydrogen-bond donors (Lipinski definition) is 1. The van der Waals surface area contributed by atoms with E-state index in [1.807, 2.05) is 12.1 Å². The lowest BCUT2D eigenvalue weighted by atomic mass is 10.1. The summed E-state index contributed by atoms with van der Waals surface area (Å²) in [7, 11) is 1.37. The number of carbonyl (C=O) groups excluding carboxylic acids is 1. The van der Waals surface area contributed by atoms with Crippen molar-refractivity contribution >= 4 is 11.7 Å². The Morgan fingerprint density at radius 1 is 1.41 bits per heavy atom. The maximum atomic E-state index is 11.3. The summed E-state index contributed by atoms with van der Waals surface area (Å²) >= 11 is 0. The van der Waals surface area contributed by atoms with E-state index in [0.29, 0.717) is 12.1 Å². The Morgan fingerprint density at radius 3 is 2.71 bits per heavy atom. The van der Waals surface area contributed by atoms with Gasteiger partial charge in [0.15, 0.2) is 0 Å². The molecule has 1 atom stereocenters. The molecular formula is C13H17NO3. The molecular weight excluding hydrogens is 218 g/mol. The summed E-state index contributed by atoms with van der Waals surface area (Å²) in [6, 6.07) is 7.29. The Kier molecular flexibility index (Phi) is 3.64. The smallest absolute Gasteiger partial charge is 0.337 e. The molecule has 1 heterocycles. The normalized spacial score (nSPS) is 20.1. The second-order valence-corrected chi connectivity index (χ2v) is 4.28. The van der Waals surface area contributed by atoms with Gasteiger partial charge in [-0.1, -0.05) is 0 Å². The van der Waals surface area contributed by atoms with Crippen molar-refractivity contribution in [3.8, 4) is 0 Å². The first-order valence-corrected chi connectivity index (χ1v) is 5.82. The first-order chi connectivity index (χ1) is 8.20. The number of carbonyl (C=O) groups is 1. The van der Waals surface area contributed by atoms with Crippen LogP contribution in [0.4, 0.5) is 5.69 Å². The average molecular weight is 235 g/mol. The summed E-state index contributed by atoms with van der Waals surface area (Å²) in [6.45, 7) is 1.62. The number of anilines is 1. The molecule has 0 spiro atoms. The fraction of sp³-hybridized carbons (Fsp3) is 0.462. The van der Waals surface area contributed by atoms with Gasteiger partial charge in [-0.15, -0.1) is 0 Å². The number of esters is 1. The van der Waals surface area contributed by atoms with Crippen LogP contribution in [0.1, 0.15) is 23.2 Å². The molecule has 0 saturated carbocycles. The number of nitrogens with zero attached hydrogens (tertiary/aromatic N) is 1. The summed E-state index contributed by atoms with van der Waals surface area (Å²) in [4.78, 5) is 13.4. The van der Waals surface area contributed by atoms with E-state index < -0.39 is 0 Å². The molecule has 1 saturated heterocycles. The molecule has 2 rings (SSSR count). The highest BCUT2D eigenvalue weighted by molar-refractivity contribution is 5.89. The zero-order valence-electron chi connectivity index (χ0n) is 9.93. The zero-order valence-corrected chi connectivity index (χ0v) is 9.93. The van der Waals surface area contributed by atoms with Gasteiger partial charge < -0.3 is 14.7 Å². The van der Waals surface area contributed by atoms with Crippen LogP contribution >= 0.6 is 0 Å². The first-order valence-electron chi connectivity index (χ1n) is 5.82. The van der Waals surface area contributed by atoms with Crippen LogP contribution in [0.15, 0.2) is 24.3 Å². The molecule has 1 aromatic rings. The fourth-order valence-corrected chi connectivity index (χ4v) is 2.12. The molecule has 92 valence electrons. The molecule has 4 nitrogen and oxygen atoms in total. The van der Waals surface area contributed by atoms with E-state index in [-0.39, 0.29) is 12.1 Å². The third-order valence-corrected chi connectivity index (χ3v) is 3.05. The molecule has 0 bridgehead atoms. The summed E-state index contributed by atoms with van der Waals surface area (Å²) in [6.07, 6.45) is 1.63.